The van der Waals surface area contributed by atoms with Crippen LogP contribution in [0.1, 0.15) is 52.4 Å². The lowest BCUT2D eigenvalue weighted by atomic mass is 9.71. The molecule has 1 saturated heterocycles. The van der Waals surface area contributed by atoms with E-state index in [0.717, 1.165) is 27.8 Å². The maximum Gasteiger partial charge on any atom is 0.231 e. The highest BCUT2D eigenvalue weighted by Crippen LogP contribution is 2.58. The summed E-state index contributed by atoms with van der Waals surface area (Å²) in [5.41, 5.74) is 5.19. The molecule has 0 radical (unpaired) electrons. The Kier molecular flexibility index (Phi) is 6.88. The first-order valence-corrected chi connectivity index (χ1v) is 13.8. The van der Waals surface area contributed by atoms with Gasteiger partial charge in [0.15, 0.2) is 29.8 Å². The zero-order chi connectivity index (χ0) is 29.2. The van der Waals surface area contributed by atoms with Gasteiger partial charge < -0.3 is 34.1 Å². The number of benzene rings is 2. The molecule has 3 unspecified atom stereocenters. The van der Waals surface area contributed by atoms with Gasteiger partial charge in [-0.05, 0) is 44.9 Å². The Morgan fingerprint density at radius 3 is 2.61 bits per heavy atom. The van der Waals surface area contributed by atoms with Gasteiger partial charge in [0.2, 0.25) is 12.7 Å². The maximum atomic E-state index is 12.2. The van der Waals surface area contributed by atoms with Gasteiger partial charge >= 0.3 is 0 Å². The molecule has 2 N–H and O–H groups in total. The van der Waals surface area contributed by atoms with Crippen molar-refractivity contribution in [3.05, 3.63) is 39.4 Å². The lowest BCUT2D eigenvalue weighted by Crippen LogP contribution is -2.68. The Hall–Kier alpha value is -3.72. The molecule has 2 bridgehead atoms. The van der Waals surface area contributed by atoms with Gasteiger partial charge in [-0.25, -0.2) is 0 Å². The summed E-state index contributed by atoms with van der Waals surface area (Å²) in [6.45, 7) is 5.63. The van der Waals surface area contributed by atoms with Gasteiger partial charge in [0, 0.05) is 54.9 Å². The second-order valence-electron chi connectivity index (χ2n) is 11.2. The number of piperazine rings is 1. The SMILES string of the molecule is COCOc1c(OC)c(C)cc2c1C1C3Cc4c(O)c(C)c5c(c4[C@H](CNC(C)=O)N3[C@@H](C#N)C(C2)N1C)OCO5. The number of phenolic OH excluding ortho intramolecular Hbond substituents is 1. The fraction of sp³-hybridized carbons (Fsp3) is 0.533. The number of aryl methyl sites for hydroxylation is 1. The van der Waals surface area contributed by atoms with Crippen molar-refractivity contribution < 1.29 is 33.6 Å². The molecule has 11 nitrogen and oxygen atoms in total. The monoisotopic (exact) mass is 564 g/mol. The molecule has 2 aromatic rings. The van der Waals surface area contributed by atoms with Gasteiger partial charge in [-0.2, -0.15) is 5.26 Å². The van der Waals surface area contributed by atoms with E-state index in [-0.39, 0.29) is 49.9 Å². The van der Waals surface area contributed by atoms with Crippen LogP contribution in [0.2, 0.25) is 0 Å². The molecule has 218 valence electrons. The summed E-state index contributed by atoms with van der Waals surface area (Å²) in [5.74, 6) is 2.34. The number of fused-ring (bicyclic) bond motifs is 9. The summed E-state index contributed by atoms with van der Waals surface area (Å²) < 4.78 is 29.1. The Bertz CT molecular complexity index is 1450. The quantitative estimate of drug-likeness (QED) is 0.506. The minimum absolute atomic E-state index is 0.0464. The van der Waals surface area contributed by atoms with Crippen LogP contribution in [0.25, 0.3) is 0 Å². The van der Waals surface area contributed by atoms with Gasteiger partial charge in [-0.3, -0.25) is 14.6 Å². The highest BCUT2D eigenvalue weighted by Gasteiger charge is 2.56. The number of nitrogens with one attached hydrogen (secondary N) is 1. The number of nitriles is 1. The topological polar surface area (TPSA) is 126 Å². The molecule has 0 aromatic heterocycles. The Balaban J connectivity index is 1.60. The Morgan fingerprint density at radius 1 is 1.17 bits per heavy atom. The number of aromatic hydroxyl groups is 1. The minimum atomic E-state index is -0.492. The second kappa shape index (κ2) is 10.3. The summed E-state index contributed by atoms with van der Waals surface area (Å²) in [5, 5.41) is 25.2. The van der Waals surface area contributed by atoms with Crippen molar-refractivity contribution in [3.63, 3.8) is 0 Å². The normalized spacial score (nSPS) is 25.9. The summed E-state index contributed by atoms with van der Waals surface area (Å²) in [7, 11) is 5.26. The van der Waals surface area contributed by atoms with E-state index >= 15 is 0 Å². The van der Waals surface area contributed by atoms with Crippen LogP contribution < -0.4 is 24.3 Å². The zero-order valence-corrected chi connectivity index (χ0v) is 24.2. The third kappa shape index (κ3) is 4.00. The van der Waals surface area contributed by atoms with Gasteiger partial charge in [0.1, 0.15) is 11.8 Å². The van der Waals surface area contributed by atoms with Crippen molar-refractivity contribution in [2.45, 2.75) is 63.8 Å². The Labute approximate surface area is 239 Å². The average Bonchev–Trinajstić information content (AvgIpc) is 3.43. The largest absolute Gasteiger partial charge is 0.507 e. The number of rotatable bonds is 6. The number of hydrogen-bond donors (Lipinski definition) is 2. The Morgan fingerprint density at radius 2 is 1.93 bits per heavy atom. The first-order chi connectivity index (χ1) is 19.7. The van der Waals surface area contributed by atoms with E-state index in [4.69, 9.17) is 23.7 Å². The van der Waals surface area contributed by atoms with E-state index in [1.54, 1.807) is 14.2 Å². The van der Waals surface area contributed by atoms with Crippen LogP contribution >= 0.6 is 0 Å². The molecule has 41 heavy (non-hydrogen) atoms. The molecule has 2 aromatic carbocycles. The molecule has 4 aliphatic heterocycles. The number of carbonyl (C=O) groups excluding carboxylic acids is 1. The van der Waals surface area contributed by atoms with Crippen molar-refractivity contribution in [2.24, 2.45) is 0 Å². The number of amides is 1. The summed E-state index contributed by atoms with van der Waals surface area (Å²) in [6, 6.07) is 3.25. The molecule has 11 heteroatoms. The molecule has 5 atom stereocenters. The molecule has 0 saturated carbocycles. The summed E-state index contributed by atoms with van der Waals surface area (Å²) in [4.78, 5) is 16.7. The second-order valence-corrected chi connectivity index (χ2v) is 11.2. The fourth-order valence-corrected chi connectivity index (χ4v) is 7.52. The van der Waals surface area contributed by atoms with Crippen molar-refractivity contribution in [2.75, 3.05) is 41.4 Å². The number of carbonyl (C=O) groups is 1. The van der Waals surface area contributed by atoms with Crippen LogP contribution in [0.15, 0.2) is 6.07 Å². The van der Waals surface area contributed by atoms with E-state index in [1.807, 2.05) is 13.8 Å². The van der Waals surface area contributed by atoms with Crippen LogP contribution in [0.4, 0.5) is 0 Å². The van der Waals surface area contributed by atoms with Crippen LogP contribution in [-0.4, -0.2) is 80.3 Å². The van der Waals surface area contributed by atoms with Gasteiger partial charge in [0.25, 0.3) is 0 Å². The molecule has 1 amide bonds. The van der Waals surface area contributed by atoms with E-state index in [2.05, 4.69) is 34.3 Å². The standard InChI is InChI=1S/C30H36N4O7/c1-14-7-17-8-19-21(10-31)34-20(25(33(19)4)23(17)29(27(14)38-6)39-12-37-5)9-18-24(22(34)11-32-16(3)35)30-28(40-13-41-30)15(2)26(18)36/h7,19-22,25,36H,8-9,11-13H2,1-6H3,(H,32,35)/t19?,20?,21-,22-,25?/m0/s1. The molecular weight excluding hydrogens is 528 g/mol. The smallest absolute Gasteiger partial charge is 0.231 e. The van der Waals surface area contributed by atoms with Crippen LogP contribution in [0, 0.1) is 25.2 Å². The van der Waals surface area contributed by atoms with E-state index < -0.39 is 12.1 Å². The van der Waals surface area contributed by atoms with Crippen molar-refractivity contribution in [3.8, 4) is 34.8 Å². The highest BCUT2D eigenvalue weighted by molar-refractivity contribution is 5.73. The maximum absolute atomic E-state index is 12.2. The summed E-state index contributed by atoms with van der Waals surface area (Å²) in [6.07, 6.45) is 1.09. The number of likely N-dealkylation sites (N-methyl/N-ethyl adjacent to an activating group) is 1. The number of phenols is 1. The fourth-order valence-electron chi connectivity index (χ4n) is 7.52. The lowest BCUT2D eigenvalue weighted by molar-refractivity contribution is -0.120. The van der Waals surface area contributed by atoms with Crippen LogP contribution in [0.5, 0.6) is 28.7 Å². The molecule has 4 aliphatic rings. The van der Waals surface area contributed by atoms with E-state index in [0.29, 0.717) is 41.4 Å². The number of nitrogens with zero attached hydrogens (tertiary/aromatic N) is 3. The van der Waals surface area contributed by atoms with Crippen molar-refractivity contribution >= 4 is 5.91 Å². The number of ether oxygens (including phenoxy) is 5. The lowest BCUT2D eigenvalue weighted by Gasteiger charge is -2.60. The van der Waals surface area contributed by atoms with Gasteiger partial charge in [0.05, 0.1) is 25.3 Å². The summed E-state index contributed by atoms with van der Waals surface area (Å²) >= 11 is 0. The third-order valence-corrected chi connectivity index (χ3v) is 9.14. The van der Waals surface area contributed by atoms with Crippen LogP contribution in [0.3, 0.4) is 0 Å². The zero-order valence-electron chi connectivity index (χ0n) is 24.2. The van der Waals surface area contributed by atoms with E-state index in [1.165, 1.54) is 6.92 Å². The predicted octanol–water partition coefficient (Wildman–Crippen LogP) is 2.64. The highest BCUT2D eigenvalue weighted by atomic mass is 16.7. The predicted molar refractivity (Wildman–Crippen MR) is 147 cm³/mol. The molecule has 6 rings (SSSR count). The number of hydrogen-bond acceptors (Lipinski definition) is 10. The van der Waals surface area contributed by atoms with Crippen molar-refractivity contribution in [1.29, 1.82) is 5.26 Å². The first kappa shape index (κ1) is 27.4. The van der Waals surface area contributed by atoms with Crippen molar-refractivity contribution in [1.82, 2.24) is 15.1 Å². The third-order valence-electron chi connectivity index (χ3n) is 9.14. The average molecular weight is 565 g/mol. The minimum Gasteiger partial charge on any atom is -0.507 e. The molecule has 4 heterocycles. The van der Waals surface area contributed by atoms with Gasteiger partial charge in [-0.1, -0.05) is 6.07 Å². The van der Waals surface area contributed by atoms with Gasteiger partial charge in [-0.15, -0.1) is 0 Å². The molecule has 0 aliphatic carbocycles. The number of methoxy groups -OCH3 is 2. The molecular formula is C30H36N4O7. The van der Waals surface area contributed by atoms with E-state index in [9.17, 15) is 15.2 Å². The molecule has 0 spiro atoms. The molecule has 1 fully saturated rings. The first-order valence-electron chi connectivity index (χ1n) is 13.8. The van der Waals surface area contributed by atoms with Crippen LogP contribution in [-0.2, 0) is 22.4 Å².